The van der Waals surface area contributed by atoms with Gasteiger partial charge in [0.15, 0.2) is 0 Å². The molecule has 0 radical (unpaired) electrons. The van der Waals surface area contributed by atoms with Crippen LogP contribution in [-0.4, -0.2) is 47.6 Å². The van der Waals surface area contributed by atoms with E-state index in [0.29, 0.717) is 5.92 Å². The van der Waals surface area contributed by atoms with Crippen LogP contribution in [0, 0.1) is 12.8 Å². The Morgan fingerprint density at radius 2 is 2.00 bits per heavy atom. The van der Waals surface area contributed by atoms with Crippen molar-refractivity contribution < 1.29 is 9.21 Å². The number of rotatable bonds is 5. The zero-order valence-corrected chi connectivity index (χ0v) is 17.0. The molecule has 0 aliphatic carbocycles. The van der Waals surface area contributed by atoms with Crippen LogP contribution in [0.15, 0.2) is 45.7 Å². The Morgan fingerprint density at radius 1 is 1.22 bits per heavy atom. The Morgan fingerprint density at radius 3 is 2.70 bits per heavy atom. The molecule has 144 valence electrons. The molecule has 2 aliphatic heterocycles. The highest BCUT2D eigenvalue weighted by molar-refractivity contribution is 8.01. The lowest BCUT2D eigenvalue weighted by Crippen LogP contribution is -2.41. The fourth-order valence-corrected chi connectivity index (χ4v) is 5.47. The van der Waals surface area contributed by atoms with Gasteiger partial charge in [-0.1, -0.05) is 18.2 Å². The Balaban J connectivity index is 1.23. The predicted octanol–water partition coefficient (Wildman–Crippen LogP) is 3.98. The largest absolute Gasteiger partial charge is 0.465 e. The van der Waals surface area contributed by atoms with Crippen molar-refractivity contribution in [1.82, 2.24) is 9.80 Å². The van der Waals surface area contributed by atoms with Crippen LogP contribution in [0.5, 0.6) is 0 Å². The first kappa shape index (κ1) is 18.6. The smallest absolute Gasteiger partial charge is 0.236 e. The molecule has 2 aromatic rings. The lowest BCUT2D eigenvalue weighted by atomic mass is 9.96. The van der Waals surface area contributed by atoms with Crippen LogP contribution in [0.4, 0.5) is 0 Å². The van der Waals surface area contributed by atoms with Crippen molar-refractivity contribution in [2.75, 3.05) is 26.7 Å². The standard InChI is InChI=1S/C22H28N2O2S/c1-16-7-8-19(26-16)15-24-11-9-17(10-12-24)14-23(2)22(25)21-13-18-5-3-4-6-20(18)27-21/h3-8,17,21H,9-15H2,1-2H3/t21-/m1/s1. The Hall–Kier alpha value is -1.72. The van der Waals surface area contributed by atoms with E-state index in [-0.39, 0.29) is 11.2 Å². The van der Waals surface area contributed by atoms with E-state index in [1.54, 1.807) is 11.8 Å². The molecule has 1 amide bonds. The highest BCUT2D eigenvalue weighted by atomic mass is 32.2. The number of piperidine rings is 1. The Labute approximate surface area is 165 Å². The maximum absolute atomic E-state index is 12.9. The van der Waals surface area contributed by atoms with Crippen LogP contribution >= 0.6 is 11.8 Å². The van der Waals surface area contributed by atoms with Crippen molar-refractivity contribution in [1.29, 1.82) is 0 Å². The average molecular weight is 385 g/mol. The average Bonchev–Trinajstić information content (AvgIpc) is 3.28. The number of carbonyl (C=O) groups is 1. The van der Waals surface area contributed by atoms with E-state index >= 15 is 0 Å². The summed E-state index contributed by atoms with van der Waals surface area (Å²) in [5.74, 6) is 2.91. The second-order valence-electron chi connectivity index (χ2n) is 7.87. The number of benzene rings is 1. The minimum atomic E-state index is 0.0506. The van der Waals surface area contributed by atoms with Crippen LogP contribution < -0.4 is 0 Å². The van der Waals surface area contributed by atoms with E-state index in [4.69, 9.17) is 4.42 Å². The molecule has 4 rings (SSSR count). The quantitative estimate of drug-likeness (QED) is 0.781. The second-order valence-corrected chi connectivity index (χ2v) is 9.11. The normalized spacial score (nSPS) is 20.6. The van der Waals surface area contributed by atoms with Crippen LogP contribution in [0.2, 0.25) is 0 Å². The van der Waals surface area contributed by atoms with Crippen LogP contribution in [-0.2, 0) is 17.8 Å². The fourth-order valence-electron chi connectivity index (χ4n) is 4.16. The van der Waals surface area contributed by atoms with Gasteiger partial charge in [-0.05, 0) is 69.0 Å². The Bertz CT molecular complexity index is 770. The lowest BCUT2D eigenvalue weighted by molar-refractivity contribution is -0.130. The number of hydrogen-bond donors (Lipinski definition) is 0. The molecule has 1 fully saturated rings. The van der Waals surface area contributed by atoms with E-state index in [1.807, 2.05) is 24.9 Å². The summed E-state index contributed by atoms with van der Waals surface area (Å²) in [5, 5.41) is 0.0506. The van der Waals surface area contributed by atoms with Gasteiger partial charge in [-0.25, -0.2) is 0 Å². The predicted molar refractivity (Wildman–Crippen MR) is 109 cm³/mol. The molecule has 0 saturated carbocycles. The topological polar surface area (TPSA) is 36.7 Å². The van der Waals surface area contributed by atoms with Crippen LogP contribution in [0.1, 0.15) is 29.9 Å². The van der Waals surface area contributed by atoms with Crippen molar-refractivity contribution in [3.8, 4) is 0 Å². The van der Waals surface area contributed by atoms with Gasteiger partial charge in [0.05, 0.1) is 11.8 Å². The summed E-state index contributed by atoms with van der Waals surface area (Å²) >= 11 is 1.73. The molecule has 4 nitrogen and oxygen atoms in total. The summed E-state index contributed by atoms with van der Waals surface area (Å²) < 4.78 is 5.70. The summed E-state index contributed by atoms with van der Waals surface area (Å²) in [6.45, 7) is 5.92. The molecule has 2 aliphatic rings. The third-order valence-electron chi connectivity index (χ3n) is 5.71. The second kappa shape index (κ2) is 8.11. The van der Waals surface area contributed by atoms with Crippen molar-refractivity contribution in [3.05, 3.63) is 53.5 Å². The number of amides is 1. The van der Waals surface area contributed by atoms with Gasteiger partial charge in [-0.3, -0.25) is 9.69 Å². The summed E-state index contributed by atoms with van der Waals surface area (Å²) in [6.07, 6.45) is 3.16. The SMILES string of the molecule is Cc1ccc(CN2CCC(CN(C)C(=O)[C@H]3Cc4ccccc4S3)CC2)o1. The van der Waals surface area contributed by atoms with Gasteiger partial charge in [0, 0.05) is 18.5 Å². The number of hydrogen-bond acceptors (Lipinski definition) is 4. The number of furan rings is 1. The van der Waals surface area contributed by atoms with Gasteiger partial charge < -0.3 is 9.32 Å². The van der Waals surface area contributed by atoms with E-state index in [0.717, 1.165) is 57.0 Å². The minimum Gasteiger partial charge on any atom is -0.465 e. The molecule has 0 N–H and O–H groups in total. The molecular formula is C22H28N2O2S. The molecule has 1 saturated heterocycles. The number of fused-ring (bicyclic) bond motifs is 1. The molecule has 1 aromatic heterocycles. The highest BCUT2D eigenvalue weighted by Gasteiger charge is 2.31. The summed E-state index contributed by atoms with van der Waals surface area (Å²) in [6, 6.07) is 12.5. The minimum absolute atomic E-state index is 0.0506. The molecule has 1 atom stereocenters. The molecule has 5 heteroatoms. The van der Waals surface area contributed by atoms with Crippen LogP contribution in [0.3, 0.4) is 0 Å². The first-order chi connectivity index (χ1) is 13.1. The molecule has 0 unspecified atom stereocenters. The van der Waals surface area contributed by atoms with Crippen molar-refractivity contribution in [3.63, 3.8) is 0 Å². The van der Waals surface area contributed by atoms with Gasteiger partial charge in [-0.2, -0.15) is 0 Å². The Kier molecular flexibility index (Phi) is 5.60. The van der Waals surface area contributed by atoms with E-state index in [2.05, 4.69) is 35.2 Å². The zero-order valence-electron chi connectivity index (χ0n) is 16.2. The van der Waals surface area contributed by atoms with Crippen molar-refractivity contribution in [2.45, 2.75) is 42.9 Å². The van der Waals surface area contributed by atoms with Gasteiger partial charge >= 0.3 is 0 Å². The third-order valence-corrected chi connectivity index (χ3v) is 7.02. The van der Waals surface area contributed by atoms with E-state index < -0.39 is 0 Å². The molecule has 3 heterocycles. The molecule has 27 heavy (non-hydrogen) atoms. The number of carbonyl (C=O) groups excluding carboxylic acids is 1. The maximum Gasteiger partial charge on any atom is 0.236 e. The van der Waals surface area contributed by atoms with Gasteiger partial charge in [-0.15, -0.1) is 11.8 Å². The molecular weight excluding hydrogens is 356 g/mol. The van der Waals surface area contributed by atoms with Gasteiger partial charge in [0.2, 0.25) is 5.91 Å². The van der Waals surface area contributed by atoms with Gasteiger partial charge in [0.1, 0.15) is 11.5 Å². The number of nitrogens with zero attached hydrogens (tertiary/aromatic N) is 2. The summed E-state index contributed by atoms with van der Waals surface area (Å²) in [5.41, 5.74) is 1.32. The molecule has 0 spiro atoms. The van der Waals surface area contributed by atoms with Crippen LogP contribution in [0.25, 0.3) is 0 Å². The van der Waals surface area contributed by atoms with Crippen molar-refractivity contribution >= 4 is 17.7 Å². The maximum atomic E-state index is 12.9. The number of likely N-dealkylation sites (tertiary alicyclic amines) is 1. The third kappa shape index (κ3) is 4.41. The molecule has 0 bridgehead atoms. The number of aryl methyl sites for hydroxylation is 1. The highest BCUT2D eigenvalue weighted by Crippen LogP contribution is 2.37. The first-order valence-corrected chi connectivity index (χ1v) is 10.7. The van der Waals surface area contributed by atoms with Crippen molar-refractivity contribution in [2.24, 2.45) is 5.92 Å². The first-order valence-electron chi connectivity index (χ1n) is 9.85. The van der Waals surface area contributed by atoms with E-state index in [9.17, 15) is 4.79 Å². The molecule has 1 aromatic carbocycles. The summed E-state index contributed by atoms with van der Waals surface area (Å²) in [4.78, 5) is 18.6. The number of thioether (sulfide) groups is 1. The lowest BCUT2D eigenvalue weighted by Gasteiger charge is -2.34. The summed E-state index contributed by atoms with van der Waals surface area (Å²) in [7, 11) is 1.98. The monoisotopic (exact) mass is 384 g/mol. The van der Waals surface area contributed by atoms with Gasteiger partial charge in [0.25, 0.3) is 0 Å². The van der Waals surface area contributed by atoms with E-state index in [1.165, 1.54) is 10.5 Å². The fraction of sp³-hybridized carbons (Fsp3) is 0.500. The zero-order chi connectivity index (χ0) is 18.8.